The van der Waals surface area contributed by atoms with E-state index in [1.165, 1.54) is 20.3 Å². The maximum absolute atomic E-state index is 13.0. The van der Waals surface area contributed by atoms with Crippen LogP contribution < -0.4 is 24.8 Å². The molecule has 0 atom stereocenters. The molecule has 0 saturated heterocycles. The summed E-state index contributed by atoms with van der Waals surface area (Å²) >= 11 is 0. The van der Waals surface area contributed by atoms with E-state index in [-0.39, 0.29) is 10.9 Å². The molecule has 15 heteroatoms. The van der Waals surface area contributed by atoms with Crippen molar-refractivity contribution in [3.8, 4) is 11.5 Å². The average Bonchev–Trinajstić information content (AvgIpc) is 2.98. The standard InChI is InChI=1S/C27H37N5O4S.C2HF3O2/c1-18(2)30-26-22-7-5-6-8-23(22)31-27(32-26)28-16-19-9-11-20(12-10-19)17-29-37(33,34)25-15-21(35-3)13-14-24(25)36-4;3-2(4,5)1(6)7/h5-8,13-15,18-20,29H,9-12,16-17H2,1-4H3,(H2,28,30,31,32);(H,6,7). The van der Waals surface area contributed by atoms with Gasteiger partial charge in [0.25, 0.3) is 0 Å². The molecule has 242 valence electrons. The zero-order chi connectivity index (χ0) is 32.5. The van der Waals surface area contributed by atoms with Crippen molar-refractivity contribution in [1.82, 2.24) is 14.7 Å². The number of ether oxygens (including phenoxy) is 2. The van der Waals surface area contributed by atoms with Crippen molar-refractivity contribution in [2.45, 2.75) is 56.6 Å². The Hall–Kier alpha value is -3.85. The van der Waals surface area contributed by atoms with E-state index in [1.807, 2.05) is 24.3 Å². The van der Waals surface area contributed by atoms with Gasteiger partial charge in [0.15, 0.2) is 0 Å². The van der Waals surface area contributed by atoms with Gasteiger partial charge >= 0.3 is 12.1 Å². The predicted molar refractivity (Wildman–Crippen MR) is 161 cm³/mol. The van der Waals surface area contributed by atoms with Crippen LogP contribution in [0.3, 0.4) is 0 Å². The van der Waals surface area contributed by atoms with Crippen LogP contribution in [0.25, 0.3) is 10.9 Å². The van der Waals surface area contributed by atoms with Gasteiger partial charge in [0, 0.05) is 30.6 Å². The molecule has 44 heavy (non-hydrogen) atoms. The van der Waals surface area contributed by atoms with Crippen LogP contribution in [0, 0.1) is 11.8 Å². The summed E-state index contributed by atoms with van der Waals surface area (Å²) in [5.41, 5.74) is 0.909. The Bertz CT molecular complexity index is 1510. The molecular weight excluding hydrogens is 603 g/mol. The zero-order valence-electron chi connectivity index (χ0n) is 24.9. The summed E-state index contributed by atoms with van der Waals surface area (Å²) < 4.78 is 70.9. The second-order valence-corrected chi connectivity index (χ2v) is 12.4. The number of aliphatic carboxylic acids is 1. The molecule has 1 aliphatic rings. The molecule has 0 aliphatic heterocycles. The predicted octanol–water partition coefficient (Wildman–Crippen LogP) is 5.30. The summed E-state index contributed by atoms with van der Waals surface area (Å²) in [6.45, 7) is 5.38. The quantitative estimate of drug-likeness (QED) is 0.217. The van der Waals surface area contributed by atoms with Crippen molar-refractivity contribution in [3.05, 3.63) is 42.5 Å². The number of hydrogen-bond donors (Lipinski definition) is 4. The van der Waals surface area contributed by atoms with Crippen molar-refractivity contribution < 1.29 is 41.0 Å². The van der Waals surface area contributed by atoms with Crippen LogP contribution >= 0.6 is 0 Å². The SMILES string of the molecule is COc1ccc(OC)c(S(=O)(=O)NCC2CCC(CNc3nc(NC(C)C)c4ccccc4n3)CC2)c1.O=C(O)C(F)(F)F. The fourth-order valence-corrected chi connectivity index (χ4v) is 6.01. The number of benzene rings is 2. The number of carboxylic acids is 1. The lowest BCUT2D eigenvalue weighted by Gasteiger charge is -2.29. The van der Waals surface area contributed by atoms with E-state index in [2.05, 4.69) is 29.2 Å². The van der Waals surface area contributed by atoms with Crippen LogP contribution in [0.15, 0.2) is 47.4 Å². The molecule has 1 aliphatic carbocycles. The molecule has 1 heterocycles. The van der Waals surface area contributed by atoms with Crippen LogP contribution in [-0.4, -0.2) is 69.0 Å². The first-order valence-electron chi connectivity index (χ1n) is 14.0. The number of methoxy groups -OCH3 is 2. The van der Waals surface area contributed by atoms with E-state index >= 15 is 0 Å². The molecule has 0 unspecified atom stereocenters. The van der Waals surface area contributed by atoms with Gasteiger partial charge in [0.1, 0.15) is 22.2 Å². The van der Waals surface area contributed by atoms with Gasteiger partial charge < -0.3 is 25.2 Å². The third kappa shape index (κ3) is 9.84. The number of carboxylic acid groups (broad SMARTS) is 1. The molecule has 1 fully saturated rings. The molecule has 4 N–H and O–H groups in total. The Morgan fingerprint density at radius 3 is 2.18 bits per heavy atom. The van der Waals surface area contributed by atoms with E-state index in [9.17, 15) is 21.6 Å². The maximum Gasteiger partial charge on any atom is 0.490 e. The van der Waals surface area contributed by atoms with Crippen molar-refractivity contribution in [2.75, 3.05) is 37.9 Å². The third-order valence-electron chi connectivity index (χ3n) is 7.01. The molecule has 0 amide bonds. The molecule has 1 aromatic heterocycles. The van der Waals surface area contributed by atoms with E-state index in [0.717, 1.165) is 48.9 Å². The van der Waals surface area contributed by atoms with Crippen LogP contribution in [0.4, 0.5) is 24.9 Å². The second-order valence-electron chi connectivity index (χ2n) is 10.7. The largest absolute Gasteiger partial charge is 0.497 e. The zero-order valence-corrected chi connectivity index (χ0v) is 25.8. The number of rotatable bonds is 11. The van der Waals surface area contributed by atoms with Crippen LogP contribution in [0.1, 0.15) is 39.5 Å². The van der Waals surface area contributed by atoms with Crippen LogP contribution in [0.5, 0.6) is 11.5 Å². The minimum atomic E-state index is -5.08. The monoisotopic (exact) mass is 641 g/mol. The first-order chi connectivity index (χ1) is 20.7. The number of nitrogens with zero attached hydrogens (tertiary/aromatic N) is 2. The lowest BCUT2D eigenvalue weighted by atomic mass is 9.82. The van der Waals surface area contributed by atoms with E-state index in [4.69, 9.17) is 29.3 Å². The summed E-state index contributed by atoms with van der Waals surface area (Å²) in [4.78, 5) is 18.4. The summed E-state index contributed by atoms with van der Waals surface area (Å²) in [6, 6.07) is 13.0. The molecule has 2 aromatic carbocycles. The smallest absolute Gasteiger partial charge is 0.490 e. The maximum atomic E-state index is 13.0. The van der Waals surface area contributed by atoms with Gasteiger partial charge in [-0.3, -0.25) is 0 Å². The Kier molecular flexibility index (Phi) is 12.0. The second kappa shape index (κ2) is 15.2. The van der Waals surface area contributed by atoms with E-state index in [1.54, 1.807) is 12.1 Å². The lowest BCUT2D eigenvalue weighted by molar-refractivity contribution is -0.192. The van der Waals surface area contributed by atoms with E-state index < -0.39 is 22.2 Å². The van der Waals surface area contributed by atoms with Gasteiger partial charge in [-0.25, -0.2) is 22.9 Å². The van der Waals surface area contributed by atoms with Gasteiger partial charge in [-0.15, -0.1) is 0 Å². The summed E-state index contributed by atoms with van der Waals surface area (Å²) in [6.07, 6.45) is -1.12. The number of hydrogen-bond acceptors (Lipinski definition) is 9. The Morgan fingerprint density at radius 1 is 1.00 bits per heavy atom. The fourth-order valence-electron chi connectivity index (χ4n) is 4.71. The number of halogens is 3. The van der Waals surface area contributed by atoms with Crippen molar-refractivity contribution in [2.24, 2.45) is 11.8 Å². The topological polar surface area (TPSA) is 152 Å². The molecule has 0 bridgehead atoms. The highest BCUT2D eigenvalue weighted by atomic mass is 32.2. The van der Waals surface area contributed by atoms with Gasteiger partial charge in [0.05, 0.1) is 19.7 Å². The Morgan fingerprint density at radius 2 is 1.61 bits per heavy atom. The normalized spacial score (nSPS) is 17.0. The molecule has 0 radical (unpaired) electrons. The summed E-state index contributed by atoms with van der Waals surface area (Å²) in [5.74, 6) is 0.259. The first-order valence-corrected chi connectivity index (χ1v) is 15.5. The Balaban J connectivity index is 0.000000676. The van der Waals surface area contributed by atoms with Crippen LogP contribution in [0.2, 0.25) is 0 Å². The number of carbonyl (C=O) groups is 1. The van der Waals surface area contributed by atoms with E-state index in [0.29, 0.717) is 35.8 Å². The van der Waals surface area contributed by atoms with Crippen molar-refractivity contribution in [3.63, 3.8) is 0 Å². The Labute approximate surface area is 254 Å². The molecule has 11 nitrogen and oxygen atoms in total. The lowest BCUT2D eigenvalue weighted by Crippen LogP contribution is -2.32. The minimum absolute atomic E-state index is 0.0916. The molecule has 4 rings (SSSR count). The van der Waals surface area contributed by atoms with Crippen LogP contribution in [-0.2, 0) is 14.8 Å². The molecule has 0 spiro atoms. The number of nitrogens with one attached hydrogen (secondary N) is 3. The number of fused-ring (bicyclic) bond motifs is 1. The number of sulfonamides is 1. The number of aromatic nitrogens is 2. The summed E-state index contributed by atoms with van der Waals surface area (Å²) in [5, 5.41) is 15.0. The highest BCUT2D eigenvalue weighted by molar-refractivity contribution is 7.89. The first kappa shape index (κ1) is 34.6. The van der Waals surface area contributed by atoms with Gasteiger partial charge in [-0.1, -0.05) is 12.1 Å². The average molecular weight is 642 g/mol. The fraction of sp³-hybridized carbons (Fsp3) is 0.483. The minimum Gasteiger partial charge on any atom is -0.497 e. The third-order valence-corrected chi connectivity index (χ3v) is 8.45. The van der Waals surface area contributed by atoms with Gasteiger partial charge in [0.2, 0.25) is 16.0 Å². The number of alkyl halides is 3. The number of para-hydroxylation sites is 1. The van der Waals surface area contributed by atoms with Gasteiger partial charge in [-0.05, 0) is 75.6 Å². The van der Waals surface area contributed by atoms with Crippen molar-refractivity contribution >= 4 is 38.7 Å². The molecular formula is C29H38F3N5O6S. The highest BCUT2D eigenvalue weighted by Crippen LogP contribution is 2.31. The van der Waals surface area contributed by atoms with Crippen molar-refractivity contribution in [1.29, 1.82) is 0 Å². The van der Waals surface area contributed by atoms with Gasteiger partial charge in [-0.2, -0.15) is 18.2 Å². The molecule has 1 saturated carbocycles. The number of anilines is 2. The molecule has 3 aromatic rings. The highest BCUT2D eigenvalue weighted by Gasteiger charge is 2.38. The summed E-state index contributed by atoms with van der Waals surface area (Å²) in [7, 11) is -0.750.